The SMILES string of the molecule is C=CO.CCCOCC(COCCC(=O)O)(COCCC(=O)O)NC(=O)C(C)C. The van der Waals surface area contributed by atoms with Crippen LogP contribution in [0.15, 0.2) is 12.8 Å². The van der Waals surface area contributed by atoms with Gasteiger partial charge in [-0.3, -0.25) is 14.4 Å². The van der Waals surface area contributed by atoms with Crippen molar-refractivity contribution >= 4 is 17.8 Å². The summed E-state index contributed by atoms with van der Waals surface area (Å²) in [4.78, 5) is 33.5. The van der Waals surface area contributed by atoms with E-state index < -0.39 is 17.5 Å². The lowest BCUT2D eigenvalue weighted by Gasteiger charge is -2.34. The minimum Gasteiger partial charge on any atom is -0.516 e. The van der Waals surface area contributed by atoms with Gasteiger partial charge in [-0.05, 0) is 6.42 Å². The van der Waals surface area contributed by atoms with Crippen molar-refractivity contribution in [2.75, 3.05) is 39.6 Å². The minimum absolute atomic E-state index is 0.00444. The fourth-order valence-corrected chi connectivity index (χ4v) is 1.90. The molecule has 0 rings (SSSR count). The predicted molar refractivity (Wildman–Crippen MR) is 106 cm³/mol. The van der Waals surface area contributed by atoms with Crippen LogP contribution in [0, 0.1) is 5.92 Å². The Morgan fingerprint density at radius 3 is 1.66 bits per heavy atom. The Balaban J connectivity index is 0. The highest BCUT2D eigenvalue weighted by Gasteiger charge is 2.34. The van der Waals surface area contributed by atoms with E-state index in [1.807, 2.05) is 6.92 Å². The van der Waals surface area contributed by atoms with Gasteiger partial charge in [0.05, 0.1) is 52.1 Å². The lowest BCUT2D eigenvalue weighted by Crippen LogP contribution is -2.59. The molecule has 0 aromatic heterocycles. The molecule has 0 fully saturated rings. The average Bonchev–Trinajstić information content (AvgIpc) is 2.63. The summed E-state index contributed by atoms with van der Waals surface area (Å²) in [5, 5.41) is 27.6. The van der Waals surface area contributed by atoms with Gasteiger partial charge in [-0.25, -0.2) is 0 Å². The lowest BCUT2D eigenvalue weighted by molar-refractivity contribution is -0.140. The van der Waals surface area contributed by atoms with Crippen LogP contribution in [0.4, 0.5) is 0 Å². The smallest absolute Gasteiger partial charge is 0.305 e. The highest BCUT2D eigenvalue weighted by atomic mass is 16.5. The number of nitrogens with one attached hydrogen (secondary N) is 1. The molecular weight excluding hydrogens is 386 g/mol. The summed E-state index contributed by atoms with van der Waals surface area (Å²) >= 11 is 0. The summed E-state index contributed by atoms with van der Waals surface area (Å²) in [6.07, 6.45) is 1.21. The monoisotopic (exact) mass is 421 g/mol. The van der Waals surface area contributed by atoms with Crippen molar-refractivity contribution in [1.82, 2.24) is 5.32 Å². The third-order valence-electron chi connectivity index (χ3n) is 3.32. The number of carbonyl (C=O) groups is 3. The summed E-state index contributed by atoms with van der Waals surface area (Å²) in [7, 11) is 0. The molecule has 0 aliphatic heterocycles. The van der Waals surface area contributed by atoms with Gasteiger partial charge < -0.3 is 34.8 Å². The molecule has 10 heteroatoms. The molecule has 0 aromatic carbocycles. The molecule has 0 spiro atoms. The second-order valence-corrected chi connectivity index (χ2v) is 6.55. The maximum Gasteiger partial charge on any atom is 0.305 e. The van der Waals surface area contributed by atoms with E-state index in [1.54, 1.807) is 13.8 Å². The maximum absolute atomic E-state index is 12.2. The first-order chi connectivity index (χ1) is 13.6. The van der Waals surface area contributed by atoms with Crippen molar-refractivity contribution in [3.05, 3.63) is 12.8 Å². The van der Waals surface area contributed by atoms with Gasteiger partial charge in [0.25, 0.3) is 0 Å². The average molecular weight is 421 g/mol. The number of hydrogen-bond acceptors (Lipinski definition) is 7. The topological polar surface area (TPSA) is 152 Å². The van der Waals surface area contributed by atoms with Gasteiger partial charge in [0.1, 0.15) is 5.54 Å². The van der Waals surface area contributed by atoms with Crippen molar-refractivity contribution in [1.29, 1.82) is 0 Å². The maximum atomic E-state index is 12.2. The zero-order valence-electron chi connectivity index (χ0n) is 17.5. The molecule has 170 valence electrons. The minimum atomic E-state index is -1.02. The number of amides is 1. The molecule has 0 bridgehead atoms. The molecule has 0 saturated carbocycles. The molecule has 4 N–H and O–H groups in total. The van der Waals surface area contributed by atoms with E-state index in [9.17, 15) is 14.4 Å². The number of carboxylic acids is 2. The molecule has 0 radical (unpaired) electrons. The van der Waals surface area contributed by atoms with Crippen LogP contribution in [-0.2, 0) is 28.6 Å². The van der Waals surface area contributed by atoms with Crippen LogP contribution in [0.1, 0.15) is 40.0 Å². The first kappa shape index (κ1) is 29.0. The van der Waals surface area contributed by atoms with E-state index in [2.05, 4.69) is 11.9 Å². The second kappa shape index (κ2) is 17.9. The Labute approximate surface area is 171 Å². The fraction of sp³-hybridized carbons (Fsp3) is 0.737. The summed E-state index contributed by atoms with van der Waals surface area (Å²) in [6, 6.07) is 0. The van der Waals surface area contributed by atoms with Crippen LogP contribution in [0.5, 0.6) is 0 Å². The summed E-state index contributed by atoms with van der Waals surface area (Å²) in [5.41, 5.74) is -1.02. The number of carbonyl (C=O) groups excluding carboxylic acids is 1. The van der Waals surface area contributed by atoms with E-state index in [1.165, 1.54) is 0 Å². The van der Waals surface area contributed by atoms with Gasteiger partial charge in [-0.2, -0.15) is 0 Å². The highest BCUT2D eigenvalue weighted by Crippen LogP contribution is 2.12. The van der Waals surface area contributed by atoms with Crippen molar-refractivity contribution in [3.63, 3.8) is 0 Å². The van der Waals surface area contributed by atoms with Crippen molar-refractivity contribution in [2.45, 2.75) is 45.6 Å². The third-order valence-corrected chi connectivity index (χ3v) is 3.32. The second-order valence-electron chi connectivity index (χ2n) is 6.55. The van der Waals surface area contributed by atoms with Gasteiger partial charge in [-0.15, -0.1) is 0 Å². The molecule has 0 unspecified atom stereocenters. The zero-order chi connectivity index (χ0) is 22.7. The fourth-order valence-electron chi connectivity index (χ4n) is 1.90. The Morgan fingerprint density at radius 1 is 0.966 bits per heavy atom. The molecule has 29 heavy (non-hydrogen) atoms. The molecule has 1 amide bonds. The van der Waals surface area contributed by atoms with Crippen LogP contribution < -0.4 is 5.32 Å². The van der Waals surface area contributed by atoms with Crippen molar-refractivity contribution < 1.29 is 43.9 Å². The molecule has 0 aliphatic carbocycles. The molecule has 0 aromatic rings. The largest absolute Gasteiger partial charge is 0.516 e. The summed E-state index contributed by atoms with van der Waals surface area (Å²) < 4.78 is 16.4. The van der Waals surface area contributed by atoms with Gasteiger partial charge in [0.15, 0.2) is 0 Å². The highest BCUT2D eigenvalue weighted by molar-refractivity contribution is 5.78. The van der Waals surface area contributed by atoms with Crippen molar-refractivity contribution in [2.24, 2.45) is 5.92 Å². The zero-order valence-corrected chi connectivity index (χ0v) is 17.5. The first-order valence-electron chi connectivity index (χ1n) is 9.38. The normalized spacial score (nSPS) is 10.8. The third kappa shape index (κ3) is 17.6. The number of aliphatic hydroxyl groups is 1. The Bertz CT molecular complexity index is 458. The van der Waals surface area contributed by atoms with Gasteiger partial charge in [0, 0.05) is 12.5 Å². The van der Waals surface area contributed by atoms with Crippen LogP contribution in [-0.4, -0.2) is 78.3 Å². The molecule has 0 atom stereocenters. The van der Waals surface area contributed by atoms with Crippen molar-refractivity contribution in [3.8, 4) is 0 Å². The predicted octanol–water partition coefficient (Wildman–Crippen LogP) is 1.59. The van der Waals surface area contributed by atoms with Crippen LogP contribution >= 0.6 is 0 Å². The van der Waals surface area contributed by atoms with Crippen LogP contribution in [0.25, 0.3) is 0 Å². The van der Waals surface area contributed by atoms with Crippen LogP contribution in [0.3, 0.4) is 0 Å². The van der Waals surface area contributed by atoms with E-state index in [4.69, 9.17) is 29.5 Å². The summed E-state index contributed by atoms with van der Waals surface area (Å²) in [6.45, 7) is 8.89. The van der Waals surface area contributed by atoms with E-state index in [-0.39, 0.29) is 57.7 Å². The number of ether oxygens (including phenoxy) is 3. The van der Waals surface area contributed by atoms with Gasteiger partial charge in [-0.1, -0.05) is 27.4 Å². The molecular formula is C19H35NO9. The number of hydrogen-bond donors (Lipinski definition) is 4. The Morgan fingerprint density at radius 2 is 1.34 bits per heavy atom. The molecule has 0 saturated heterocycles. The number of aliphatic hydroxyl groups excluding tert-OH is 1. The quantitative estimate of drug-likeness (QED) is 0.215. The number of rotatable bonds is 16. The molecule has 10 nitrogen and oxygen atoms in total. The van der Waals surface area contributed by atoms with E-state index in [0.717, 1.165) is 12.7 Å². The molecule has 0 aliphatic rings. The first-order valence-corrected chi connectivity index (χ1v) is 9.38. The Hall–Kier alpha value is -2.17. The lowest BCUT2D eigenvalue weighted by atomic mass is 10.0. The molecule has 0 heterocycles. The van der Waals surface area contributed by atoms with Crippen LogP contribution in [0.2, 0.25) is 0 Å². The summed E-state index contributed by atoms with van der Waals surface area (Å²) in [5.74, 6) is -2.48. The standard InChI is InChI=1S/C17H31NO8.C2H4O/c1-4-7-24-10-17(18-16(23)13(2)3,11-25-8-5-14(19)20)12-26-9-6-15(21)22;1-2-3/h13H,4-12H2,1-3H3,(H,18,23)(H,19,20)(H,21,22);2-3H,1H2. The van der Waals surface area contributed by atoms with Gasteiger partial charge >= 0.3 is 11.9 Å². The number of aliphatic carboxylic acids is 2. The van der Waals surface area contributed by atoms with E-state index in [0.29, 0.717) is 6.61 Å². The van der Waals surface area contributed by atoms with E-state index >= 15 is 0 Å². The Kier molecular flexibility index (Phi) is 17.9. The number of carboxylic acid groups (broad SMARTS) is 2. The van der Waals surface area contributed by atoms with Gasteiger partial charge in [0.2, 0.25) is 5.91 Å².